The first-order chi connectivity index (χ1) is 15.3. The summed E-state index contributed by atoms with van der Waals surface area (Å²) < 4.78 is 0. The monoisotopic (exact) mass is 460 g/mol. The van der Waals surface area contributed by atoms with Crippen molar-refractivity contribution in [2.24, 2.45) is 0 Å². The highest BCUT2D eigenvalue weighted by molar-refractivity contribution is 5.56. The lowest BCUT2D eigenvalue weighted by Gasteiger charge is -2.54. The van der Waals surface area contributed by atoms with Crippen LogP contribution >= 0.6 is 0 Å². The van der Waals surface area contributed by atoms with Crippen LogP contribution in [0.15, 0.2) is 0 Å². The van der Waals surface area contributed by atoms with Gasteiger partial charge in [0.15, 0.2) is 0 Å². The molecule has 0 heterocycles. The fourth-order valence-electron chi connectivity index (χ4n) is 6.37. The maximum Gasteiger partial charge on any atom is 0.0977 e. The summed E-state index contributed by atoms with van der Waals surface area (Å²) in [5.41, 5.74) is 14.4. The Balaban J connectivity index is 2.86. The molecule has 0 fully saturated rings. The van der Waals surface area contributed by atoms with Gasteiger partial charge in [0.25, 0.3) is 0 Å². The normalized spacial score (nSPS) is 14.4. The minimum Gasteiger partial charge on any atom is -0.290 e. The van der Waals surface area contributed by atoms with E-state index in [-0.39, 0.29) is 5.54 Å². The largest absolute Gasteiger partial charge is 0.290 e. The highest BCUT2D eigenvalue weighted by Gasteiger charge is 2.51. The third-order valence-electron chi connectivity index (χ3n) is 10.2. The van der Waals surface area contributed by atoms with Crippen molar-refractivity contribution >= 4 is 0 Å². The highest BCUT2D eigenvalue weighted by Crippen LogP contribution is 2.48. The van der Waals surface area contributed by atoms with Crippen molar-refractivity contribution in [2.45, 2.75) is 120 Å². The summed E-state index contributed by atoms with van der Waals surface area (Å²) in [5, 5.41) is 10.8. The van der Waals surface area contributed by atoms with Gasteiger partial charge in [0, 0.05) is 11.1 Å². The Kier molecular flexibility index (Phi) is 7.31. The van der Waals surface area contributed by atoms with E-state index in [1.165, 1.54) is 66.8 Å². The van der Waals surface area contributed by atoms with E-state index in [4.69, 9.17) is 0 Å². The molecule has 34 heavy (non-hydrogen) atoms. The van der Waals surface area contributed by atoms with Gasteiger partial charge in [-0.3, -0.25) is 4.90 Å². The van der Waals surface area contributed by atoms with E-state index in [0.29, 0.717) is 0 Å². The molecule has 2 aromatic carbocycles. The summed E-state index contributed by atoms with van der Waals surface area (Å²) in [5.74, 6) is 0. The summed E-state index contributed by atoms with van der Waals surface area (Å²) in [6.07, 6.45) is 0. The van der Waals surface area contributed by atoms with Gasteiger partial charge in [0.2, 0.25) is 0 Å². The third-order valence-corrected chi connectivity index (χ3v) is 10.2. The van der Waals surface area contributed by atoms with Crippen molar-refractivity contribution < 1.29 is 0 Å². The van der Waals surface area contributed by atoms with Crippen LogP contribution in [-0.4, -0.2) is 17.5 Å². The second-order valence-electron chi connectivity index (χ2n) is 11.9. The van der Waals surface area contributed by atoms with Crippen LogP contribution in [0.25, 0.3) is 0 Å². The van der Waals surface area contributed by atoms with E-state index >= 15 is 0 Å². The summed E-state index contributed by atoms with van der Waals surface area (Å²) in [4.78, 5) is 2.45. The molecule has 0 N–H and O–H groups in total. The van der Waals surface area contributed by atoms with Crippen LogP contribution in [0.1, 0.15) is 101 Å². The predicted octanol–water partition coefficient (Wildman–Crippen LogP) is 8.20. The van der Waals surface area contributed by atoms with Crippen LogP contribution in [0.5, 0.6) is 0 Å². The van der Waals surface area contributed by atoms with E-state index in [2.05, 4.69) is 122 Å². The zero-order valence-corrected chi connectivity index (χ0v) is 24.9. The number of hydrogen-bond acceptors (Lipinski definition) is 2. The standard InChI is InChI=1S/C32H48N2/c1-18-20(3)24(7)28(25(8)21(18)4)30(11,12)34(16)31(13,14)32(15,17-33)29-26(9)22(5)19(2)23(6)27(29)10/h1-16H3. The van der Waals surface area contributed by atoms with E-state index in [0.717, 1.165) is 0 Å². The number of hydrogen-bond donors (Lipinski definition) is 0. The molecule has 2 rings (SSSR count). The van der Waals surface area contributed by atoms with Gasteiger partial charge in [0.05, 0.1) is 11.5 Å². The Labute approximate surface area is 210 Å². The van der Waals surface area contributed by atoms with Crippen LogP contribution in [-0.2, 0) is 11.0 Å². The molecule has 1 atom stereocenters. The molecule has 1 unspecified atom stereocenters. The van der Waals surface area contributed by atoms with Gasteiger partial charge in [-0.1, -0.05) is 0 Å². The molecule has 2 heteroatoms. The molecule has 2 aromatic rings. The number of likely N-dealkylation sites (N-methyl/N-ethyl adjacent to an activating group) is 1. The smallest absolute Gasteiger partial charge is 0.0977 e. The van der Waals surface area contributed by atoms with Gasteiger partial charge in [-0.05, 0) is 178 Å². The Hall–Kier alpha value is -2.11. The average Bonchev–Trinajstić information content (AvgIpc) is 2.77. The second-order valence-corrected chi connectivity index (χ2v) is 11.9. The molecule has 2 nitrogen and oxygen atoms in total. The van der Waals surface area contributed by atoms with Crippen molar-refractivity contribution in [3.63, 3.8) is 0 Å². The first-order valence-corrected chi connectivity index (χ1v) is 12.6. The van der Waals surface area contributed by atoms with E-state index in [1.54, 1.807) is 0 Å². The predicted molar refractivity (Wildman–Crippen MR) is 148 cm³/mol. The summed E-state index contributed by atoms with van der Waals surface area (Å²) >= 11 is 0. The lowest BCUT2D eigenvalue weighted by Crippen LogP contribution is -2.61. The first-order valence-electron chi connectivity index (χ1n) is 12.6. The van der Waals surface area contributed by atoms with Gasteiger partial charge < -0.3 is 0 Å². The Morgan fingerprint density at radius 3 is 1.06 bits per heavy atom. The molecule has 0 aliphatic heterocycles. The van der Waals surface area contributed by atoms with Gasteiger partial charge in [-0.15, -0.1) is 0 Å². The number of benzene rings is 2. The lowest BCUT2D eigenvalue weighted by atomic mass is 9.63. The number of rotatable bonds is 5. The van der Waals surface area contributed by atoms with Crippen molar-refractivity contribution in [1.29, 1.82) is 5.26 Å². The SMILES string of the molecule is Cc1c(C)c(C)c(C(C)(C)N(C)C(C)(C)C(C)(C#N)c2c(C)c(C)c(C)c(C)c2C)c(C)c1C. The summed E-state index contributed by atoms with van der Waals surface area (Å²) in [6, 6.07) is 2.81. The van der Waals surface area contributed by atoms with Crippen LogP contribution in [0.3, 0.4) is 0 Å². The molecular weight excluding hydrogens is 412 g/mol. The van der Waals surface area contributed by atoms with Crippen molar-refractivity contribution in [1.82, 2.24) is 4.90 Å². The molecule has 0 spiro atoms. The molecule has 0 bridgehead atoms. The quantitative estimate of drug-likeness (QED) is 0.449. The van der Waals surface area contributed by atoms with Crippen LogP contribution in [0.4, 0.5) is 0 Å². The molecule has 0 radical (unpaired) electrons. The topological polar surface area (TPSA) is 27.0 Å². The zero-order valence-electron chi connectivity index (χ0n) is 24.9. The first kappa shape index (κ1) is 28.1. The zero-order chi connectivity index (χ0) is 26.7. The average molecular weight is 461 g/mol. The lowest BCUT2D eigenvalue weighted by molar-refractivity contribution is 0.00652. The molecule has 0 aromatic heterocycles. The highest BCUT2D eigenvalue weighted by atomic mass is 15.2. The summed E-state index contributed by atoms with van der Waals surface area (Å²) in [7, 11) is 2.21. The molecule has 0 saturated carbocycles. The van der Waals surface area contributed by atoms with Crippen LogP contribution in [0.2, 0.25) is 0 Å². The third kappa shape index (κ3) is 3.72. The van der Waals surface area contributed by atoms with Gasteiger partial charge in [0.1, 0.15) is 0 Å². The van der Waals surface area contributed by atoms with E-state index in [9.17, 15) is 5.26 Å². The minimum absolute atomic E-state index is 0.268. The Morgan fingerprint density at radius 1 is 0.500 bits per heavy atom. The molecule has 186 valence electrons. The van der Waals surface area contributed by atoms with Crippen molar-refractivity contribution in [2.75, 3.05) is 7.05 Å². The van der Waals surface area contributed by atoms with Gasteiger partial charge >= 0.3 is 0 Å². The van der Waals surface area contributed by atoms with Crippen LogP contribution < -0.4 is 0 Å². The molecular formula is C32H48N2. The number of nitriles is 1. The van der Waals surface area contributed by atoms with Crippen LogP contribution in [0, 0.1) is 80.6 Å². The van der Waals surface area contributed by atoms with Crippen molar-refractivity contribution in [3.8, 4) is 6.07 Å². The van der Waals surface area contributed by atoms with Crippen molar-refractivity contribution in [3.05, 3.63) is 66.8 Å². The summed E-state index contributed by atoms with van der Waals surface area (Å²) in [6.45, 7) is 33.5. The minimum atomic E-state index is -0.701. The Morgan fingerprint density at radius 2 is 0.765 bits per heavy atom. The maximum atomic E-state index is 10.8. The fraction of sp³-hybridized carbons (Fsp3) is 0.594. The molecule has 0 aliphatic rings. The molecule has 0 aliphatic carbocycles. The molecule has 0 amide bonds. The van der Waals surface area contributed by atoms with E-state index < -0.39 is 11.0 Å². The maximum absolute atomic E-state index is 10.8. The Bertz CT molecular complexity index is 1130. The van der Waals surface area contributed by atoms with E-state index in [1.807, 2.05) is 0 Å². The number of nitrogens with zero attached hydrogens (tertiary/aromatic N) is 2. The molecule has 0 saturated heterocycles. The fourth-order valence-corrected chi connectivity index (χ4v) is 6.37. The second kappa shape index (κ2) is 8.83. The van der Waals surface area contributed by atoms with Gasteiger partial charge in [-0.25, -0.2) is 0 Å². The van der Waals surface area contributed by atoms with Gasteiger partial charge in [-0.2, -0.15) is 5.26 Å².